The molecule has 0 radical (unpaired) electrons. The molecule has 3 nitrogen and oxygen atoms in total. The second kappa shape index (κ2) is 4.23. The Kier molecular flexibility index (Phi) is 2.57. The van der Waals surface area contributed by atoms with E-state index in [2.05, 4.69) is 4.98 Å². The Labute approximate surface area is 108 Å². The lowest BCUT2D eigenvalue weighted by molar-refractivity contribution is 1.31. The van der Waals surface area contributed by atoms with Gasteiger partial charge in [0.05, 0.1) is 16.3 Å². The van der Waals surface area contributed by atoms with Crippen molar-refractivity contribution in [3.63, 3.8) is 0 Å². The Morgan fingerprint density at radius 3 is 2.56 bits per heavy atom. The highest BCUT2D eigenvalue weighted by Crippen LogP contribution is 2.34. The zero-order chi connectivity index (χ0) is 12.5. The SMILES string of the molecule is N=C(c1ccncc1)c1sc2ccccc2c1N. The molecule has 0 aliphatic carbocycles. The van der Waals surface area contributed by atoms with Crippen LogP contribution in [-0.4, -0.2) is 10.7 Å². The molecule has 0 spiro atoms. The van der Waals surface area contributed by atoms with E-state index in [-0.39, 0.29) is 0 Å². The third kappa shape index (κ3) is 1.67. The molecule has 0 bridgehead atoms. The Bertz CT molecular complexity index is 716. The molecular weight excluding hydrogens is 242 g/mol. The monoisotopic (exact) mass is 253 g/mol. The Morgan fingerprint density at radius 2 is 1.83 bits per heavy atom. The topological polar surface area (TPSA) is 62.8 Å². The van der Waals surface area contributed by atoms with E-state index >= 15 is 0 Å². The minimum absolute atomic E-state index is 0.455. The van der Waals surface area contributed by atoms with Gasteiger partial charge in [0.1, 0.15) is 0 Å². The first-order valence-corrected chi connectivity index (χ1v) is 6.35. The van der Waals surface area contributed by atoms with Gasteiger partial charge in [-0.3, -0.25) is 10.4 Å². The molecule has 0 aliphatic heterocycles. The van der Waals surface area contributed by atoms with Crippen LogP contribution in [0.4, 0.5) is 5.69 Å². The molecule has 3 N–H and O–H groups in total. The molecule has 4 heteroatoms. The molecule has 2 heterocycles. The largest absolute Gasteiger partial charge is 0.397 e. The average molecular weight is 253 g/mol. The normalized spacial score (nSPS) is 10.7. The maximum Gasteiger partial charge on any atom is 0.0806 e. The van der Waals surface area contributed by atoms with Gasteiger partial charge in [-0.25, -0.2) is 0 Å². The van der Waals surface area contributed by atoms with E-state index in [1.807, 2.05) is 36.4 Å². The maximum absolute atomic E-state index is 8.25. The van der Waals surface area contributed by atoms with Crippen LogP contribution in [0.5, 0.6) is 0 Å². The number of rotatable bonds is 2. The molecule has 0 saturated carbocycles. The van der Waals surface area contributed by atoms with E-state index in [4.69, 9.17) is 11.1 Å². The predicted octanol–water partition coefficient (Wildman–Crippen LogP) is 3.29. The smallest absolute Gasteiger partial charge is 0.0806 e. The molecule has 3 aromatic rings. The maximum atomic E-state index is 8.25. The second-order valence-electron chi connectivity index (χ2n) is 3.95. The summed E-state index contributed by atoms with van der Waals surface area (Å²) in [5, 5.41) is 9.27. The summed E-state index contributed by atoms with van der Waals surface area (Å²) in [4.78, 5) is 4.78. The van der Waals surface area contributed by atoms with Gasteiger partial charge in [0.25, 0.3) is 0 Å². The van der Waals surface area contributed by atoms with Crippen LogP contribution >= 0.6 is 11.3 Å². The summed E-state index contributed by atoms with van der Waals surface area (Å²) in [6.45, 7) is 0. The van der Waals surface area contributed by atoms with Gasteiger partial charge < -0.3 is 5.73 Å². The highest BCUT2D eigenvalue weighted by atomic mass is 32.1. The first-order chi connectivity index (χ1) is 8.77. The highest BCUT2D eigenvalue weighted by Gasteiger charge is 2.14. The van der Waals surface area contributed by atoms with E-state index in [0.29, 0.717) is 11.4 Å². The Hall–Kier alpha value is -2.20. The van der Waals surface area contributed by atoms with Crippen molar-refractivity contribution in [3.05, 3.63) is 59.2 Å². The lowest BCUT2D eigenvalue weighted by atomic mass is 10.1. The molecule has 0 unspecified atom stereocenters. The van der Waals surface area contributed by atoms with Crippen molar-refractivity contribution >= 4 is 32.8 Å². The molecule has 2 aromatic heterocycles. The van der Waals surface area contributed by atoms with E-state index in [1.54, 1.807) is 23.7 Å². The van der Waals surface area contributed by atoms with Crippen molar-refractivity contribution in [1.29, 1.82) is 5.41 Å². The zero-order valence-electron chi connectivity index (χ0n) is 9.55. The Morgan fingerprint density at radius 1 is 1.11 bits per heavy atom. The van der Waals surface area contributed by atoms with Crippen LogP contribution in [0.1, 0.15) is 10.4 Å². The van der Waals surface area contributed by atoms with Gasteiger partial charge in [-0.15, -0.1) is 11.3 Å². The summed E-state index contributed by atoms with van der Waals surface area (Å²) in [7, 11) is 0. The van der Waals surface area contributed by atoms with Crippen LogP contribution in [-0.2, 0) is 0 Å². The Balaban J connectivity index is 2.15. The summed E-state index contributed by atoms with van der Waals surface area (Å²) in [6.07, 6.45) is 3.38. The summed E-state index contributed by atoms with van der Waals surface area (Å²) >= 11 is 1.56. The number of benzene rings is 1. The van der Waals surface area contributed by atoms with Crippen LogP contribution in [0, 0.1) is 5.41 Å². The standard InChI is InChI=1S/C14H11N3S/c15-12(9-5-7-17-8-6-9)14-13(16)10-3-1-2-4-11(10)18-14/h1-8,15H,16H2. The van der Waals surface area contributed by atoms with Gasteiger partial charge in [0, 0.05) is 28.0 Å². The number of nitrogens with zero attached hydrogens (tertiary/aromatic N) is 1. The van der Waals surface area contributed by atoms with Gasteiger partial charge in [0.2, 0.25) is 0 Å². The summed E-state index contributed by atoms with van der Waals surface area (Å²) in [5.74, 6) is 0. The van der Waals surface area contributed by atoms with E-state index < -0.39 is 0 Å². The third-order valence-electron chi connectivity index (χ3n) is 2.83. The van der Waals surface area contributed by atoms with Crippen molar-refractivity contribution in [2.24, 2.45) is 0 Å². The first-order valence-electron chi connectivity index (χ1n) is 5.53. The first kappa shape index (κ1) is 10.9. The number of hydrogen-bond donors (Lipinski definition) is 2. The van der Waals surface area contributed by atoms with E-state index in [9.17, 15) is 0 Å². The molecule has 1 aromatic carbocycles. The molecule has 0 amide bonds. The highest BCUT2D eigenvalue weighted by molar-refractivity contribution is 7.21. The van der Waals surface area contributed by atoms with Crippen molar-refractivity contribution in [2.75, 3.05) is 5.73 Å². The predicted molar refractivity (Wildman–Crippen MR) is 76.4 cm³/mol. The number of fused-ring (bicyclic) bond motifs is 1. The number of hydrogen-bond acceptors (Lipinski definition) is 4. The molecule has 3 rings (SSSR count). The van der Waals surface area contributed by atoms with Crippen LogP contribution in [0.2, 0.25) is 0 Å². The molecule has 0 aliphatic rings. The lowest BCUT2D eigenvalue weighted by Gasteiger charge is -2.02. The van der Waals surface area contributed by atoms with Gasteiger partial charge >= 0.3 is 0 Å². The minimum Gasteiger partial charge on any atom is -0.397 e. The number of pyridine rings is 1. The molecule has 0 atom stereocenters. The van der Waals surface area contributed by atoms with Crippen molar-refractivity contribution in [1.82, 2.24) is 4.98 Å². The fourth-order valence-electron chi connectivity index (χ4n) is 1.90. The van der Waals surface area contributed by atoms with Crippen molar-refractivity contribution in [3.8, 4) is 0 Å². The summed E-state index contributed by atoms with van der Waals surface area (Å²) < 4.78 is 1.11. The van der Waals surface area contributed by atoms with E-state index in [0.717, 1.165) is 20.5 Å². The number of nitrogens with one attached hydrogen (secondary N) is 1. The zero-order valence-corrected chi connectivity index (χ0v) is 10.4. The molecule has 88 valence electrons. The summed E-state index contributed by atoms with van der Waals surface area (Å²) in [6, 6.07) is 11.6. The number of thiophene rings is 1. The van der Waals surface area contributed by atoms with Crippen LogP contribution < -0.4 is 5.73 Å². The van der Waals surface area contributed by atoms with Gasteiger partial charge in [0.15, 0.2) is 0 Å². The average Bonchev–Trinajstić information content (AvgIpc) is 2.77. The van der Waals surface area contributed by atoms with Crippen molar-refractivity contribution in [2.45, 2.75) is 0 Å². The number of nitrogen functional groups attached to an aromatic ring is 1. The fourth-order valence-corrected chi connectivity index (χ4v) is 3.00. The minimum atomic E-state index is 0.455. The second-order valence-corrected chi connectivity index (χ2v) is 5.00. The number of anilines is 1. The van der Waals surface area contributed by atoms with Crippen LogP contribution in [0.15, 0.2) is 48.8 Å². The van der Waals surface area contributed by atoms with E-state index in [1.165, 1.54) is 0 Å². The van der Waals surface area contributed by atoms with Gasteiger partial charge in [-0.05, 0) is 18.2 Å². The summed E-state index contributed by atoms with van der Waals surface area (Å²) in [5.41, 5.74) is 8.11. The number of nitrogens with two attached hydrogens (primary N) is 1. The van der Waals surface area contributed by atoms with Gasteiger partial charge in [-0.1, -0.05) is 18.2 Å². The van der Waals surface area contributed by atoms with Crippen LogP contribution in [0.3, 0.4) is 0 Å². The molecule has 0 saturated heterocycles. The lowest BCUT2D eigenvalue weighted by Crippen LogP contribution is -2.01. The molecule has 18 heavy (non-hydrogen) atoms. The third-order valence-corrected chi connectivity index (χ3v) is 4.03. The molecule has 0 fully saturated rings. The van der Waals surface area contributed by atoms with Crippen LogP contribution in [0.25, 0.3) is 10.1 Å². The number of aromatic nitrogens is 1. The van der Waals surface area contributed by atoms with Crippen molar-refractivity contribution < 1.29 is 0 Å². The van der Waals surface area contributed by atoms with Gasteiger partial charge in [-0.2, -0.15) is 0 Å². The quantitative estimate of drug-likeness (QED) is 0.688. The molecular formula is C14H11N3S. The fraction of sp³-hybridized carbons (Fsp3) is 0.